The normalized spacial score (nSPS) is 19.9. The van der Waals surface area contributed by atoms with Crippen LogP contribution in [0, 0.1) is 0 Å². The van der Waals surface area contributed by atoms with Crippen molar-refractivity contribution in [2.24, 2.45) is 5.73 Å². The van der Waals surface area contributed by atoms with Crippen molar-refractivity contribution in [1.82, 2.24) is 10.1 Å². The third-order valence-corrected chi connectivity index (χ3v) is 3.08. The SMILES string of the molecule is CCOCc1noc(C2(N)CCCCC2)n1. The maximum atomic E-state index is 6.29. The predicted molar refractivity (Wildman–Crippen MR) is 58.6 cm³/mol. The van der Waals surface area contributed by atoms with Gasteiger partial charge in [-0.25, -0.2) is 0 Å². The molecule has 1 heterocycles. The third kappa shape index (κ3) is 2.41. The Morgan fingerprint density at radius 3 is 2.81 bits per heavy atom. The molecule has 1 aromatic rings. The Kier molecular flexibility index (Phi) is 3.56. The second-order valence-corrected chi connectivity index (χ2v) is 4.37. The van der Waals surface area contributed by atoms with Crippen LogP contribution in [0.15, 0.2) is 4.52 Å². The molecule has 2 rings (SSSR count). The highest BCUT2D eigenvalue weighted by Crippen LogP contribution is 2.33. The maximum Gasteiger partial charge on any atom is 0.246 e. The van der Waals surface area contributed by atoms with Gasteiger partial charge in [-0.05, 0) is 19.8 Å². The summed E-state index contributed by atoms with van der Waals surface area (Å²) in [5.74, 6) is 1.16. The van der Waals surface area contributed by atoms with Gasteiger partial charge in [0.1, 0.15) is 6.61 Å². The second-order valence-electron chi connectivity index (χ2n) is 4.37. The van der Waals surface area contributed by atoms with Crippen molar-refractivity contribution in [3.05, 3.63) is 11.7 Å². The Balaban J connectivity index is 2.05. The highest BCUT2D eigenvalue weighted by atomic mass is 16.5. The maximum absolute atomic E-state index is 6.29. The Hall–Kier alpha value is -0.940. The van der Waals surface area contributed by atoms with Crippen molar-refractivity contribution < 1.29 is 9.26 Å². The monoisotopic (exact) mass is 225 g/mol. The molecule has 16 heavy (non-hydrogen) atoms. The van der Waals surface area contributed by atoms with Gasteiger partial charge in [0.05, 0.1) is 5.54 Å². The smallest absolute Gasteiger partial charge is 0.246 e. The fraction of sp³-hybridized carbons (Fsp3) is 0.818. The molecule has 0 amide bonds. The minimum atomic E-state index is -0.407. The molecule has 1 aromatic heterocycles. The van der Waals surface area contributed by atoms with Gasteiger partial charge in [-0.2, -0.15) is 4.98 Å². The van der Waals surface area contributed by atoms with Crippen LogP contribution in [0.5, 0.6) is 0 Å². The standard InChI is InChI=1S/C11H19N3O2/c1-2-15-8-9-13-10(16-14-9)11(12)6-4-3-5-7-11/h2-8,12H2,1H3. The lowest BCUT2D eigenvalue weighted by Crippen LogP contribution is -2.39. The Morgan fingerprint density at radius 2 is 2.12 bits per heavy atom. The minimum Gasteiger partial charge on any atom is -0.374 e. The van der Waals surface area contributed by atoms with E-state index in [2.05, 4.69) is 10.1 Å². The van der Waals surface area contributed by atoms with Crippen molar-refractivity contribution >= 4 is 0 Å². The predicted octanol–water partition coefficient (Wildman–Crippen LogP) is 1.72. The molecule has 0 radical (unpaired) electrons. The number of nitrogens with zero attached hydrogens (tertiary/aromatic N) is 2. The molecule has 0 unspecified atom stereocenters. The number of aromatic nitrogens is 2. The fourth-order valence-corrected chi connectivity index (χ4v) is 2.10. The van der Waals surface area contributed by atoms with Crippen LogP contribution in [0.3, 0.4) is 0 Å². The molecule has 0 atom stereocenters. The van der Waals surface area contributed by atoms with E-state index < -0.39 is 5.54 Å². The summed E-state index contributed by atoms with van der Waals surface area (Å²) < 4.78 is 10.5. The number of ether oxygens (including phenoxy) is 1. The molecule has 0 spiro atoms. The lowest BCUT2D eigenvalue weighted by Gasteiger charge is -2.29. The summed E-state index contributed by atoms with van der Waals surface area (Å²) in [6.45, 7) is 2.99. The van der Waals surface area contributed by atoms with Crippen LogP contribution in [0.25, 0.3) is 0 Å². The number of hydrogen-bond acceptors (Lipinski definition) is 5. The lowest BCUT2D eigenvalue weighted by atomic mass is 9.82. The van der Waals surface area contributed by atoms with Crippen LogP contribution in [0.1, 0.15) is 50.7 Å². The van der Waals surface area contributed by atoms with Gasteiger partial charge >= 0.3 is 0 Å². The zero-order valence-corrected chi connectivity index (χ0v) is 9.74. The molecule has 0 aliphatic heterocycles. The van der Waals surface area contributed by atoms with Crippen LogP contribution in [-0.4, -0.2) is 16.7 Å². The van der Waals surface area contributed by atoms with Gasteiger partial charge in [-0.15, -0.1) is 0 Å². The van der Waals surface area contributed by atoms with Crippen LogP contribution in [0.2, 0.25) is 0 Å². The molecule has 2 N–H and O–H groups in total. The quantitative estimate of drug-likeness (QED) is 0.844. The first-order chi connectivity index (χ1) is 7.74. The van der Waals surface area contributed by atoms with Gasteiger partial charge in [0.25, 0.3) is 0 Å². The fourth-order valence-electron chi connectivity index (χ4n) is 2.10. The number of nitrogens with two attached hydrogens (primary N) is 1. The molecule has 90 valence electrons. The first-order valence-corrected chi connectivity index (χ1v) is 5.94. The van der Waals surface area contributed by atoms with Crippen molar-refractivity contribution in [3.63, 3.8) is 0 Å². The minimum absolute atomic E-state index is 0.399. The lowest BCUT2D eigenvalue weighted by molar-refractivity contribution is 0.126. The van der Waals surface area contributed by atoms with Crippen molar-refractivity contribution in [3.8, 4) is 0 Å². The van der Waals surface area contributed by atoms with E-state index in [0.717, 1.165) is 25.7 Å². The molecule has 1 aliphatic rings. The van der Waals surface area contributed by atoms with Crippen molar-refractivity contribution in [1.29, 1.82) is 0 Å². The van der Waals surface area contributed by atoms with Crippen molar-refractivity contribution in [2.75, 3.05) is 6.61 Å². The van der Waals surface area contributed by atoms with E-state index in [1.54, 1.807) is 0 Å². The summed E-state index contributed by atoms with van der Waals surface area (Å²) in [5, 5.41) is 3.88. The molecular formula is C11H19N3O2. The van der Waals surface area contributed by atoms with Gasteiger partial charge in [0.15, 0.2) is 5.82 Å². The zero-order valence-electron chi connectivity index (χ0n) is 9.74. The van der Waals surface area contributed by atoms with E-state index in [1.807, 2.05) is 6.92 Å². The molecule has 0 bridgehead atoms. The summed E-state index contributed by atoms with van der Waals surface area (Å²) in [7, 11) is 0. The van der Waals surface area contributed by atoms with E-state index in [9.17, 15) is 0 Å². The number of rotatable bonds is 4. The Labute approximate surface area is 95.3 Å². The van der Waals surface area contributed by atoms with E-state index in [-0.39, 0.29) is 0 Å². The molecule has 0 saturated heterocycles. The summed E-state index contributed by atoms with van der Waals surface area (Å²) in [4.78, 5) is 4.32. The zero-order chi connectivity index (χ0) is 11.4. The van der Waals surface area contributed by atoms with Crippen LogP contribution in [-0.2, 0) is 16.9 Å². The van der Waals surface area contributed by atoms with E-state index in [0.29, 0.717) is 24.9 Å². The summed E-state index contributed by atoms with van der Waals surface area (Å²) >= 11 is 0. The number of hydrogen-bond donors (Lipinski definition) is 1. The average Bonchev–Trinajstić information content (AvgIpc) is 2.77. The largest absolute Gasteiger partial charge is 0.374 e. The van der Waals surface area contributed by atoms with E-state index >= 15 is 0 Å². The molecule has 0 aromatic carbocycles. The van der Waals surface area contributed by atoms with Gasteiger partial charge < -0.3 is 15.0 Å². The van der Waals surface area contributed by atoms with E-state index in [4.69, 9.17) is 15.0 Å². The summed E-state index contributed by atoms with van der Waals surface area (Å²) in [6.07, 6.45) is 5.39. The summed E-state index contributed by atoms with van der Waals surface area (Å²) in [5.41, 5.74) is 5.88. The van der Waals surface area contributed by atoms with Gasteiger partial charge in [0, 0.05) is 6.61 Å². The molecule has 5 nitrogen and oxygen atoms in total. The summed E-state index contributed by atoms with van der Waals surface area (Å²) in [6, 6.07) is 0. The Bertz CT molecular complexity index is 332. The molecule has 5 heteroatoms. The van der Waals surface area contributed by atoms with Gasteiger partial charge in [-0.3, -0.25) is 0 Å². The third-order valence-electron chi connectivity index (χ3n) is 3.08. The first kappa shape index (κ1) is 11.5. The highest BCUT2D eigenvalue weighted by molar-refractivity contribution is 5.03. The highest BCUT2D eigenvalue weighted by Gasteiger charge is 2.35. The topological polar surface area (TPSA) is 74.2 Å². The Morgan fingerprint density at radius 1 is 1.38 bits per heavy atom. The van der Waals surface area contributed by atoms with Crippen LogP contribution >= 0.6 is 0 Å². The first-order valence-electron chi connectivity index (χ1n) is 5.94. The van der Waals surface area contributed by atoms with Crippen molar-refractivity contribution in [2.45, 2.75) is 51.2 Å². The molecule has 1 fully saturated rings. The average molecular weight is 225 g/mol. The molecule has 1 saturated carbocycles. The second kappa shape index (κ2) is 4.93. The van der Waals surface area contributed by atoms with Crippen LogP contribution < -0.4 is 5.73 Å². The molecule has 1 aliphatic carbocycles. The van der Waals surface area contributed by atoms with Gasteiger partial charge in [-0.1, -0.05) is 24.4 Å². The van der Waals surface area contributed by atoms with E-state index in [1.165, 1.54) is 6.42 Å². The molecular weight excluding hydrogens is 206 g/mol. The van der Waals surface area contributed by atoms with Crippen LogP contribution in [0.4, 0.5) is 0 Å². The van der Waals surface area contributed by atoms with Gasteiger partial charge in [0.2, 0.25) is 5.89 Å².